The summed E-state index contributed by atoms with van der Waals surface area (Å²) in [5.41, 5.74) is -0.108. The number of nitrogens with zero attached hydrogens (tertiary/aromatic N) is 2. The van der Waals surface area contributed by atoms with Gasteiger partial charge in [-0.25, -0.2) is 0 Å². The van der Waals surface area contributed by atoms with Crippen LogP contribution in [0.15, 0.2) is 17.1 Å². The highest BCUT2D eigenvalue weighted by molar-refractivity contribution is 6.31. The molecule has 1 N–H and O–H groups in total. The molecule has 1 aromatic rings. The number of aromatic hydroxyl groups is 1. The van der Waals surface area contributed by atoms with Gasteiger partial charge in [0.1, 0.15) is 0 Å². The number of phenolic OH excluding ortho intramolecular Hbond substituents is 1. The van der Waals surface area contributed by atoms with E-state index in [1.807, 2.05) is 0 Å². The van der Waals surface area contributed by atoms with Crippen molar-refractivity contribution in [3.05, 3.63) is 32.8 Å². The van der Waals surface area contributed by atoms with Crippen molar-refractivity contribution in [2.45, 2.75) is 90.4 Å². The molecule has 0 saturated carbocycles. The molecule has 0 aliphatic heterocycles. The molecule has 0 aliphatic carbocycles. The maximum Gasteiger partial charge on any atom is 0.312 e. The number of nitro groups is 1. The topological polar surface area (TPSA) is 75.7 Å². The molecule has 5 nitrogen and oxygen atoms in total. The number of benzene rings is 1. The Kier molecular flexibility index (Phi) is 13.4. The van der Waals surface area contributed by atoms with E-state index < -0.39 is 10.6 Å². The van der Waals surface area contributed by atoms with Gasteiger partial charge >= 0.3 is 5.69 Å². The molecule has 0 aromatic heterocycles. The Hall–Kier alpha value is -1.62. The predicted molar refractivity (Wildman–Crippen MR) is 118 cm³/mol. The van der Waals surface area contributed by atoms with E-state index >= 15 is 0 Å². The summed E-state index contributed by atoms with van der Waals surface area (Å²) in [5, 5.41) is 21.0. The number of rotatable bonds is 16. The van der Waals surface area contributed by atoms with Gasteiger partial charge in [-0.15, -0.1) is 0 Å². The van der Waals surface area contributed by atoms with Crippen molar-refractivity contribution < 1.29 is 10.0 Å². The second-order valence-electron chi connectivity index (χ2n) is 7.40. The molecule has 0 spiro atoms. The van der Waals surface area contributed by atoms with Crippen LogP contribution in [0.3, 0.4) is 0 Å². The first-order valence-electron chi connectivity index (χ1n) is 10.7. The Morgan fingerprint density at radius 3 is 1.96 bits per heavy atom. The highest BCUT2D eigenvalue weighted by Crippen LogP contribution is 2.32. The van der Waals surface area contributed by atoms with Gasteiger partial charge in [0.15, 0.2) is 0 Å². The van der Waals surface area contributed by atoms with E-state index in [0.717, 1.165) is 18.9 Å². The van der Waals surface area contributed by atoms with Gasteiger partial charge in [-0.3, -0.25) is 15.1 Å². The number of hydrogen-bond acceptors (Lipinski definition) is 4. The zero-order valence-corrected chi connectivity index (χ0v) is 17.9. The Morgan fingerprint density at radius 2 is 1.46 bits per heavy atom. The van der Waals surface area contributed by atoms with Crippen molar-refractivity contribution in [1.29, 1.82) is 0 Å². The maximum atomic E-state index is 10.9. The Balaban J connectivity index is 2.07. The van der Waals surface area contributed by atoms with Gasteiger partial charge in [-0.2, -0.15) is 0 Å². The number of halogens is 1. The van der Waals surface area contributed by atoms with E-state index in [-0.39, 0.29) is 16.3 Å². The van der Waals surface area contributed by atoms with Gasteiger partial charge in [0.25, 0.3) is 0 Å². The molecule has 0 saturated heterocycles. The number of nitro benzene ring substituents is 1. The number of unbranched alkanes of at least 4 members (excludes halogenated alkanes) is 12. The second-order valence-corrected chi connectivity index (χ2v) is 7.83. The van der Waals surface area contributed by atoms with Gasteiger partial charge in [-0.1, -0.05) is 95.6 Å². The van der Waals surface area contributed by atoms with Crippen molar-refractivity contribution in [3.63, 3.8) is 0 Å². The van der Waals surface area contributed by atoms with Gasteiger partial charge in [0, 0.05) is 29.4 Å². The molecular formula is C22H35ClN2O3. The lowest BCUT2D eigenvalue weighted by Crippen LogP contribution is -1.93. The highest BCUT2D eigenvalue weighted by Gasteiger charge is 2.17. The summed E-state index contributed by atoms with van der Waals surface area (Å²) < 4.78 is 0. The summed E-state index contributed by atoms with van der Waals surface area (Å²) in [7, 11) is 0. The van der Waals surface area contributed by atoms with Gasteiger partial charge < -0.3 is 5.11 Å². The fourth-order valence-corrected chi connectivity index (χ4v) is 3.45. The minimum absolute atomic E-state index is 0.215. The van der Waals surface area contributed by atoms with Crippen LogP contribution in [0.1, 0.15) is 96.0 Å². The molecule has 0 atom stereocenters. The second kappa shape index (κ2) is 15.3. The molecule has 0 heterocycles. The molecule has 158 valence electrons. The molecule has 0 unspecified atom stereocenters. The third-order valence-corrected chi connectivity index (χ3v) is 5.12. The summed E-state index contributed by atoms with van der Waals surface area (Å²) in [6.45, 7) is 2.90. The lowest BCUT2D eigenvalue weighted by molar-refractivity contribution is -0.385. The van der Waals surface area contributed by atoms with E-state index in [1.165, 1.54) is 82.9 Å². The van der Waals surface area contributed by atoms with Crippen molar-refractivity contribution >= 4 is 23.5 Å². The largest absolute Gasteiger partial charge is 0.502 e. The van der Waals surface area contributed by atoms with Crippen LogP contribution in [-0.2, 0) is 0 Å². The first-order chi connectivity index (χ1) is 13.6. The normalized spacial score (nSPS) is 11.4. The summed E-state index contributed by atoms with van der Waals surface area (Å²) >= 11 is 5.86. The van der Waals surface area contributed by atoms with Crippen LogP contribution in [0.5, 0.6) is 5.75 Å². The first-order valence-corrected chi connectivity index (χ1v) is 11.1. The minimum atomic E-state index is -0.648. The van der Waals surface area contributed by atoms with E-state index in [2.05, 4.69) is 11.9 Å². The number of hydrogen-bond donors (Lipinski definition) is 1. The van der Waals surface area contributed by atoms with E-state index in [0.29, 0.717) is 6.54 Å². The fourth-order valence-electron chi connectivity index (χ4n) is 3.23. The van der Waals surface area contributed by atoms with Crippen LogP contribution < -0.4 is 0 Å². The number of phenols is 1. The SMILES string of the molecule is CCCCCCCCCCCCCCCN=Cc1cc(Cl)cc([N+](=O)[O-])c1O. The molecule has 0 radical (unpaired) electrons. The lowest BCUT2D eigenvalue weighted by Gasteiger charge is -2.03. The van der Waals surface area contributed by atoms with Crippen LogP contribution >= 0.6 is 11.6 Å². The Labute approximate surface area is 174 Å². The quantitative estimate of drug-likeness (QED) is 0.133. The van der Waals surface area contributed by atoms with Crippen LogP contribution in [-0.4, -0.2) is 22.8 Å². The highest BCUT2D eigenvalue weighted by atomic mass is 35.5. The number of aliphatic imine (C=N–C) groups is 1. The molecule has 1 aromatic carbocycles. The monoisotopic (exact) mass is 410 g/mol. The first kappa shape index (κ1) is 24.4. The van der Waals surface area contributed by atoms with Crippen molar-refractivity contribution in [2.24, 2.45) is 4.99 Å². The predicted octanol–water partition coefficient (Wildman–Crippen LogP) is 7.46. The fraction of sp³-hybridized carbons (Fsp3) is 0.682. The van der Waals surface area contributed by atoms with Crippen molar-refractivity contribution in [2.75, 3.05) is 6.54 Å². The van der Waals surface area contributed by atoms with Crippen LogP contribution in [0.25, 0.3) is 0 Å². The van der Waals surface area contributed by atoms with E-state index in [1.54, 1.807) is 0 Å². The maximum absolute atomic E-state index is 10.9. The summed E-state index contributed by atoms with van der Waals surface area (Å²) in [6, 6.07) is 2.62. The van der Waals surface area contributed by atoms with E-state index in [4.69, 9.17) is 11.6 Å². The summed E-state index contributed by atoms with van der Waals surface area (Å²) in [6.07, 6.45) is 18.4. The molecule has 1 rings (SSSR count). The molecule has 6 heteroatoms. The summed E-state index contributed by atoms with van der Waals surface area (Å²) in [4.78, 5) is 14.5. The third-order valence-electron chi connectivity index (χ3n) is 4.90. The van der Waals surface area contributed by atoms with Crippen LogP contribution in [0.4, 0.5) is 5.69 Å². The Bertz CT molecular complexity index is 606. The van der Waals surface area contributed by atoms with Crippen LogP contribution in [0.2, 0.25) is 5.02 Å². The molecule has 0 amide bonds. The van der Waals surface area contributed by atoms with E-state index in [9.17, 15) is 15.2 Å². The lowest BCUT2D eigenvalue weighted by atomic mass is 10.0. The van der Waals surface area contributed by atoms with Gasteiger partial charge in [0.2, 0.25) is 5.75 Å². The molecule has 28 heavy (non-hydrogen) atoms. The average molecular weight is 411 g/mol. The third kappa shape index (κ3) is 10.6. The zero-order valence-electron chi connectivity index (χ0n) is 17.2. The standard InChI is InChI=1S/C22H35ClN2O3/c1-2-3-4-5-6-7-8-9-10-11-12-13-14-15-24-18-19-16-20(23)17-21(22(19)26)25(27)28/h16-18,26H,2-15H2,1H3. The minimum Gasteiger partial charge on any atom is -0.502 e. The molecule has 0 aliphatic rings. The molecule has 0 bridgehead atoms. The summed E-state index contributed by atoms with van der Waals surface area (Å²) in [5.74, 6) is -0.386. The molecule has 0 fully saturated rings. The molecular weight excluding hydrogens is 376 g/mol. The van der Waals surface area contributed by atoms with Gasteiger partial charge in [-0.05, 0) is 12.5 Å². The smallest absolute Gasteiger partial charge is 0.312 e. The average Bonchev–Trinajstić information content (AvgIpc) is 2.67. The zero-order chi connectivity index (χ0) is 20.6. The van der Waals surface area contributed by atoms with Crippen LogP contribution in [0, 0.1) is 10.1 Å². The van der Waals surface area contributed by atoms with Crippen molar-refractivity contribution in [1.82, 2.24) is 0 Å². The van der Waals surface area contributed by atoms with Gasteiger partial charge in [0.05, 0.1) is 4.92 Å². The van der Waals surface area contributed by atoms with Crippen molar-refractivity contribution in [3.8, 4) is 5.75 Å². The Morgan fingerprint density at radius 1 is 0.964 bits per heavy atom.